The first-order valence-corrected chi connectivity index (χ1v) is 25.1. The number of carbonyl (C=O) groups is 5. The molecule has 1 aliphatic heterocycles. The highest BCUT2D eigenvalue weighted by molar-refractivity contribution is 7.13. The van der Waals surface area contributed by atoms with Crippen molar-refractivity contribution in [1.29, 1.82) is 0 Å². The molecule has 0 bridgehead atoms. The van der Waals surface area contributed by atoms with Crippen molar-refractivity contribution in [1.82, 2.24) is 40.8 Å². The number of nitrogens with two attached hydrogens (primary N) is 1. The van der Waals surface area contributed by atoms with Crippen LogP contribution >= 0.6 is 11.3 Å². The van der Waals surface area contributed by atoms with E-state index in [0.717, 1.165) is 78.0 Å². The van der Waals surface area contributed by atoms with E-state index in [1.165, 1.54) is 4.90 Å². The average molecular weight is 977 g/mol. The summed E-state index contributed by atoms with van der Waals surface area (Å²) in [5, 5.41) is 30.5. The van der Waals surface area contributed by atoms with E-state index >= 15 is 0 Å². The van der Waals surface area contributed by atoms with E-state index < -0.39 is 29.7 Å². The Balaban J connectivity index is 0.794. The molecule has 0 unspecified atom stereocenters. The highest BCUT2D eigenvalue weighted by Crippen LogP contribution is 2.29. The molecular formula is C52H68N10O7S. The van der Waals surface area contributed by atoms with Gasteiger partial charge in [-0.05, 0) is 79.0 Å². The summed E-state index contributed by atoms with van der Waals surface area (Å²) in [7, 11) is 0. The van der Waals surface area contributed by atoms with E-state index in [9.17, 15) is 29.1 Å². The average Bonchev–Trinajstić information content (AvgIpc) is 4.10. The van der Waals surface area contributed by atoms with Gasteiger partial charge in [-0.3, -0.25) is 23.9 Å². The molecule has 6 rings (SSSR count). The number of unbranched alkanes of at least 4 members (excludes halogenated alkanes) is 6. The number of carbonyl (C=O) groups excluding carboxylic acids is 5. The maximum Gasteiger partial charge on any atom is 0.407 e. The van der Waals surface area contributed by atoms with Crippen LogP contribution in [0, 0.1) is 12.3 Å². The van der Waals surface area contributed by atoms with Gasteiger partial charge in [0.1, 0.15) is 12.1 Å². The predicted octanol–water partition coefficient (Wildman–Crippen LogP) is 7.33. The van der Waals surface area contributed by atoms with Crippen LogP contribution in [0.3, 0.4) is 0 Å². The summed E-state index contributed by atoms with van der Waals surface area (Å²) in [6, 6.07) is 20.2. The number of rotatable bonds is 24. The molecule has 3 aromatic carbocycles. The van der Waals surface area contributed by atoms with Crippen LogP contribution in [0.1, 0.15) is 118 Å². The fourth-order valence-electron chi connectivity index (χ4n) is 8.24. The van der Waals surface area contributed by atoms with E-state index in [1.807, 2.05) is 68.3 Å². The van der Waals surface area contributed by atoms with Crippen molar-refractivity contribution < 1.29 is 33.8 Å². The zero-order valence-electron chi connectivity index (χ0n) is 40.7. The van der Waals surface area contributed by atoms with E-state index in [2.05, 4.69) is 36.6 Å². The van der Waals surface area contributed by atoms with Crippen molar-refractivity contribution in [3.63, 3.8) is 0 Å². The zero-order chi connectivity index (χ0) is 50.0. The molecule has 0 spiro atoms. The summed E-state index contributed by atoms with van der Waals surface area (Å²) in [4.78, 5) is 72.3. The fraction of sp³-hybridized carbons (Fsp3) is 0.462. The molecule has 1 fully saturated rings. The Bertz CT molecular complexity index is 2500. The van der Waals surface area contributed by atoms with Gasteiger partial charge in [-0.2, -0.15) is 0 Å². The van der Waals surface area contributed by atoms with Gasteiger partial charge < -0.3 is 41.7 Å². The van der Waals surface area contributed by atoms with Crippen LogP contribution in [-0.4, -0.2) is 91.0 Å². The lowest BCUT2D eigenvalue weighted by atomic mass is 9.85. The highest BCUT2D eigenvalue weighted by Gasteiger charge is 2.44. The number of β-amino-alcohol motifs (C(OH)–C–C–N with tert-alkyl or cyclic N) is 1. The van der Waals surface area contributed by atoms with Crippen LogP contribution in [0.25, 0.3) is 10.4 Å². The van der Waals surface area contributed by atoms with Crippen LogP contribution in [0.2, 0.25) is 0 Å². The second-order valence-electron chi connectivity index (χ2n) is 19.0. The third kappa shape index (κ3) is 15.9. The monoisotopic (exact) mass is 976 g/mol. The first-order chi connectivity index (χ1) is 33.6. The molecule has 374 valence electrons. The number of nitrogens with one attached hydrogen (secondary N) is 4. The topological polar surface area (TPSA) is 236 Å². The van der Waals surface area contributed by atoms with Gasteiger partial charge in [-0.1, -0.05) is 107 Å². The first-order valence-electron chi connectivity index (χ1n) is 24.2. The minimum atomic E-state index is -0.856. The lowest BCUT2D eigenvalue weighted by Gasteiger charge is -2.35. The van der Waals surface area contributed by atoms with Gasteiger partial charge in [-0.25, -0.2) is 9.78 Å². The third-order valence-corrected chi connectivity index (χ3v) is 13.2. The van der Waals surface area contributed by atoms with Gasteiger partial charge in [0.05, 0.1) is 45.9 Å². The number of hydrogen-bond acceptors (Lipinski definition) is 12. The van der Waals surface area contributed by atoms with Crippen LogP contribution in [-0.2, 0) is 45.2 Å². The fourth-order valence-corrected chi connectivity index (χ4v) is 9.05. The maximum absolute atomic E-state index is 14.0. The number of hydrogen-bond donors (Lipinski definition) is 6. The molecule has 5 amide bonds. The molecule has 1 saturated heterocycles. The quantitative estimate of drug-likeness (QED) is 0.0264. The zero-order valence-corrected chi connectivity index (χ0v) is 41.6. The molecular weight excluding hydrogens is 909 g/mol. The number of benzene rings is 3. The van der Waals surface area contributed by atoms with Crippen LogP contribution < -0.4 is 27.0 Å². The van der Waals surface area contributed by atoms with Crippen LogP contribution in [0.5, 0.6) is 0 Å². The number of nitrogens with zero attached hydrogens (tertiary/aromatic N) is 5. The number of likely N-dealkylation sites (tertiary alicyclic amines) is 1. The summed E-state index contributed by atoms with van der Waals surface area (Å²) in [6.45, 7) is 9.20. The van der Waals surface area contributed by atoms with Crippen LogP contribution in [0.15, 0.2) is 84.5 Å². The van der Waals surface area contributed by atoms with E-state index in [1.54, 1.807) is 59.9 Å². The van der Waals surface area contributed by atoms with Gasteiger partial charge in [0.2, 0.25) is 17.7 Å². The largest absolute Gasteiger partial charge is 0.450 e. The molecule has 7 N–H and O–H groups in total. The van der Waals surface area contributed by atoms with Crippen molar-refractivity contribution in [2.45, 2.75) is 136 Å². The van der Waals surface area contributed by atoms with Crippen molar-refractivity contribution in [2.75, 3.05) is 24.2 Å². The van der Waals surface area contributed by atoms with Gasteiger partial charge in [0.15, 0.2) is 0 Å². The van der Waals surface area contributed by atoms with E-state index in [4.69, 9.17) is 10.5 Å². The van der Waals surface area contributed by atoms with E-state index in [-0.39, 0.29) is 56.3 Å². The minimum absolute atomic E-state index is 0.0277. The number of aromatic nitrogens is 4. The molecule has 1 aliphatic rings. The van der Waals surface area contributed by atoms with Gasteiger partial charge >= 0.3 is 6.09 Å². The summed E-state index contributed by atoms with van der Waals surface area (Å²) in [5.41, 5.74) is 13.2. The summed E-state index contributed by atoms with van der Waals surface area (Å²) < 4.78 is 7.17. The van der Waals surface area contributed by atoms with Crippen molar-refractivity contribution >= 4 is 52.4 Å². The molecule has 0 aliphatic carbocycles. The Labute approximate surface area is 414 Å². The number of para-hydroxylation sites is 2. The Hall–Kier alpha value is -6.66. The van der Waals surface area contributed by atoms with Gasteiger partial charge in [0.25, 0.3) is 5.91 Å². The number of aliphatic hydroxyl groups is 1. The Kier molecular flexibility index (Phi) is 19.4. The molecule has 70 heavy (non-hydrogen) atoms. The number of aliphatic hydroxyl groups excluding tert-OH is 1. The molecule has 3 atom stereocenters. The SMILES string of the molecule is Cc1ncsc1-c1ccc(CNC(=O)[C@@H]2C[C@H](O)CN2C(=O)[C@@H](NC(=O)CCCCCCCCCn2cc(CCCOC(=O)NCc3ccc(C(=O)Nc4ccccc4N)cc3)nn2)C(C)(C)C)cc1. The van der Waals surface area contributed by atoms with E-state index in [0.29, 0.717) is 42.6 Å². The smallest absolute Gasteiger partial charge is 0.407 e. The molecule has 3 heterocycles. The number of anilines is 2. The molecule has 18 heteroatoms. The minimum Gasteiger partial charge on any atom is -0.450 e. The van der Waals surface area contributed by atoms with Crippen molar-refractivity contribution in [3.8, 4) is 10.4 Å². The maximum atomic E-state index is 14.0. The molecule has 17 nitrogen and oxygen atoms in total. The Morgan fingerprint density at radius 3 is 2.23 bits per heavy atom. The molecule has 5 aromatic rings. The second-order valence-corrected chi connectivity index (χ2v) is 19.8. The predicted molar refractivity (Wildman–Crippen MR) is 270 cm³/mol. The summed E-state index contributed by atoms with van der Waals surface area (Å²) in [5.74, 6) is -1.18. The van der Waals surface area contributed by atoms with Crippen molar-refractivity contribution in [3.05, 3.63) is 113 Å². The van der Waals surface area contributed by atoms with Crippen LogP contribution in [0.4, 0.5) is 16.2 Å². The normalized spacial score (nSPS) is 15.0. The highest BCUT2D eigenvalue weighted by atomic mass is 32.1. The molecule has 0 radical (unpaired) electrons. The number of aryl methyl sites for hydroxylation is 3. The lowest BCUT2D eigenvalue weighted by molar-refractivity contribution is -0.144. The van der Waals surface area contributed by atoms with Gasteiger partial charge in [0, 0.05) is 50.8 Å². The number of alkyl carbamates (subject to hydrolysis) is 1. The summed E-state index contributed by atoms with van der Waals surface area (Å²) >= 11 is 1.58. The molecule has 2 aromatic heterocycles. The Morgan fingerprint density at radius 2 is 1.54 bits per heavy atom. The third-order valence-electron chi connectivity index (χ3n) is 12.3. The van der Waals surface area contributed by atoms with Gasteiger partial charge in [-0.15, -0.1) is 16.4 Å². The first kappa shape index (κ1) is 52.7. The Morgan fingerprint density at radius 1 is 0.871 bits per heavy atom. The number of amides is 5. The summed E-state index contributed by atoms with van der Waals surface area (Å²) in [6.07, 6.45) is 8.97. The number of nitrogen functional groups attached to an aromatic ring is 1. The molecule has 0 saturated carbocycles. The second kappa shape index (κ2) is 25.8. The lowest BCUT2D eigenvalue weighted by Crippen LogP contribution is -2.57. The number of thiazole rings is 1. The van der Waals surface area contributed by atoms with Crippen molar-refractivity contribution in [2.24, 2.45) is 5.41 Å². The number of ether oxygens (including phenoxy) is 1. The standard InChI is InChI=1S/C52H68N10O7S/c1-35-46(70-34-56-35)38-23-19-36(20-24-38)30-54-49(66)44-29-41(63)33-62(44)50(67)47(52(2,3)4)58-45(64)18-10-8-6-5-7-9-13-27-61-32-40(59-60-61)15-14-28-69-51(68)55-31-37-21-25-39(26-22-37)48(65)57-43-17-12-11-16-42(43)53/h11-12,16-17,19-26,32,34,41,44,47,63H,5-10,13-15,18,27-31,33,53H2,1-4H3,(H,54,66)(H,55,68)(H,57,65)(H,58,64)/t41-,44-,47+/m0/s1.